The maximum atomic E-state index is 12.1. The lowest BCUT2D eigenvalue weighted by Crippen LogP contribution is -2.16. The SMILES string of the molecule is CC.O=C(Cc1ccccc1)Nc1ccc2cc(C(=O)NO)sc2c1. The summed E-state index contributed by atoms with van der Waals surface area (Å²) in [4.78, 5) is 23.9. The van der Waals surface area contributed by atoms with E-state index < -0.39 is 5.91 Å². The third kappa shape index (κ3) is 4.89. The van der Waals surface area contributed by atoms with Crippen LogP contribution < -0.4 is 10.8 Å². The lowest BCUT2D eigenvalue weighted by Gasteiger charge is -2.05. The maximum absolute atomic E-state index is 12.1. The van der Waals surface area contributed by atoms with E-state index in [9.17, 15) is 9.59 Å². The second kappa shape index (κ2) is 8.96. The van der Waals surface area contributed by atoms with Crippen LogP contribution in [-0.4, -0.2) is 17.0 Å². The van der Waals surface area contributed by atoms with Gasteiger partial charge in [0.15, 0.2) is 0 Å². The Kier molecular flexibility index (Phi) is 6.68. The molecule has 2 amide bonds. The van der Waals surface area contributed by atoms with Crippen LogP contribution in [0.4, 0.5) is 5.69 Å². The van der Waals surface area contributed by atoms with Gasteiger partial charge in [-0.25, -0.2) is 5.48 Å². The summed E-state index contributed by atoms with van der Waals surface area (Å²) in [7, 11) is 0. The number of benzene rings is 2. The minimum absolute atomic E-state index is 0.0968. The average molecular weight is 356 g/mol. The largest absolute Gasteiger partial charge is 0.326 e. The molecule has 0 atom stereocenters. The topological polar surface area (TPSA) is 78.4 Å². The molecule has 0 spiro atoms. The van der Waals surface area contributed by atoms with Crippen LogP contribution >= 0.6 is 11.3 Å². The van der Waals surface area contributed by atoms with Crippen LogP contribution in [0, 0.1) is 0 Å². The molecule has 1 aromatic heterocycles. The Morgan fingerprint density at radius 1 is 1.04 bits per heavy atom. The number of amides is 2. The highest BCUT2D eigenvalue weighted by atomic mass is 32.1. The van der Waals surface area contributed by atoms with Gasteiger partial charge in [-0.15, -0.1) is 11.3 Å². The molecule has 0 aliphatic heterocycles. The first-order chi connectivity index (χ1) is 12.2. The van der Waals surface area contributed by atoms with E-state index in [0.29, 0.717) is 17.0 Å². The molecule has 0 aliphatic rings. The number of thiophene rings is 1. The van der Waals surface area contributed by atoms with Gasteiger partial charge in [0.05, 0.1) is 11.3 Å². The maximum Gasteiger partial charge on any atom is 0.284 e. The lowest BCUT2D eigenvalue weighted by atomic mass is 10.1. The summed E-state index contributed by atoms with van der Waals surface area (Å²) in [6.45, 7) is 4.00. The number of hydroxylamine groups is 1. The van der Waals surface area contributed by atoms with Crippen molar-refractivity contribution in [2.75, 3.05) is 5.32 Å². The predicted octanol–water partition coefficient (Wildman–Crippen LogP) is 4.23. The van der Waals surface area contributed by atoms with E-state index in [-0.39, 0.29) is 5.91 Å². The highest BCUT2D eigenvalue weighted by Gasteiger charge is 2.10. The Balaban J connectivity index is 0.00000109. The van der Waals surface area contributed by atoms with E-state index in [0.717, 1.165) is 15.6 Å². The molecule has 0 saturated carbocycles. The van der Waals surface area contributed by atoms with Gasteiger partial charge in [-0.05, 0) is 29.1 Å². The first-order valence-corrected chi connectivity index (χ1v) is 8.79. The van der Waals surface area contributed by atoms with Crippen LogP contribution in [0.2, 0.25) is 0 Å². The summed E-state index contributed by atoms with van der Waals surface area (Å²) >= 11 is 1.25. The van der Waals surface area contributed by atoms with Crippen molar-refractivity contribution >= 4 is 38.9 Å². The number of carbonyl (C=O) groups excluding carboxylic acids is 2. The fourth-order valence-corrected chi connectivity index (χ4v) is 3.25. The van der Waals surface area contributed by atoms with Gasteiger partial charge in [-0.1, -0.05) is 50.2 Å². The number of fused-ring (bicyclic) bond motifs is 1. The van der Waals surface area contributed by atoms with Crippen LogP contribution in [0.15, 0.2) is 54.6 Å². The highest BCUT2D eigenvalue weighted by molar-refractivity contribution is 7.20. The Morgan fingerprint density at radius 2 is 1.76 bits per heavy atom. The van der Waals surface area contributed by atoms with Gasteiger partial charge >= 0.3 is 0 Å². The van der Waals surface area contributed by atoms with E-state index in [1.165, 1.54) is 11.3 Å². The molecule has 3 N–H and O–H groups in total. The third-order valence-electron chi connectivity index (χ3n) is 3.34. The summed E-state index contributed by atoms with van der Waals surface area (Å²) in [6, 6.07) is 16.6. The number of hydrogen-bond donors (Lipinski definition) is 3. The number of anilines is 1. The summed E-state index contributed by atoms with van der Waals surface area (Å²) in [6.07, 6.45) is 0.307. The Morgan fingerprint density at radius 3 is 2.44 bits per heavy atom. The van der Waals surface area contributed by atoms with Crippen molar-refractivity contribution in [3.8, 4) is 0 Å². The second-order valence-electron chi connectivity index (χ2n) is 5.01. The first kappa shape index (κ1) is 18.6. The number of nitrogens with one attached hydrogen (secondary N) is 2. The molecule has 3 aromatic rings. The van der Waals surface area contributed by atoms with E-state index in [1.54, 1.807) is 17.6 Å². The molecule has 2 aromatic carbocycles. The summed E-state index contributed by atoms with van der Waals surface area (Å²) < 4.78 is 0.862. The molecule has 6 heteroatoms. The number of rotatable bonds is 4. The summed E-state index contributed by atoms with van der Waals surface area (Å²) in [5.74, 6) is -0.638. The van der Waals surface area contributed by atoms with Gasteiger partial charge in [-0.3, -0.25) is 14.8 Å². The zero-order valence-corrected chi connectivity index (χ0v) is 14.9. The van der Waals surface area contributed by atoms with Crippen LogP contribution in [0.1, 0.15) is 29.1 Å². The van der Waals surface area contributed by atoms with Gasteiger partial charge in [-0.2, -0.15) is 0 Å². The molecule has 130 valence electrons. The fraction of sp³-hybridized carbons (Fsp3) is 0.158. The minimum atomic E-state index is -0.541. The van der Waals surface area contributed by atoms with Gasteiger partial charge in [0.1, 0.15) is 0 Å². The molecule has 0 radical (unpaired) electrons. The van der Waals surface area contributed by atoms with E-state index in [1.807, 2.05) is 56.3 Å². The normalized spacial score (nSPS) is 9.88. The van der Waals surface area contributed by atoms with Crippen molar-refractivity contribution in [1.82, 2.24) is 5.48 Å². The Hall–Kier alpha value is -2.70. The predicted molar refractivity (Wildman–Crippen MR) is 101 cm³/mol. The summed E-state index contributed by atoms with van der Waals surface area (Å²) in [5, 5.41) is 12.4. The number of hydrogen-bond acceptors (Lipinski definition) is 4. The second-order valence-corrected chi connectivity index (χ2v) is 6.10. The van der Waals surface area contributed by atoms with Crippen LogP contribution in [0.3, 0.4) is 0 Å². The number of carbonyl (C=O) groups is 2. The van der Waals surface area contributed by atoms with Crippen LogP contribution in [-0.2, 0) is 11.2 Å². The van der Waals surface area contributed by atoms with Crippen molar-refractivity contribution in [1.29, 1.82) is 0 Å². The van der Waals surface area contributed by atoms with Crippen molar-refractivity contribution in [3.63, 3.8) is 0 Å². The molecule has 0 bridgehead atoms. The van der Waals surface area contributed by atoms with Crippen molar-refractivity contribution < 1.29 is 14.8 Å². The van der Waals surface area contributed by atoms with E-state index in [2.05, 4.69) is 5.32 Å². The van der Waals surface area contributed by atoms with Gasteiger partial charge < -0.3 is 5.32 Å². The molecule has 0 saturated heterocycles. The third-order valence-corrected chi connectivity index (χ3v) is 4.43. The molecule has 0 aliphatic carbocycles. The molecular weight excluding hydrogens is 336 g/mol. The monoisotopic (exact) mass is 356 g/mol. The zero-order valence-electron chi connectivity index (χ0n) is 14.1. The quantitative estimate of drug-likeness (QED) is 0.483. The van der Waals surface area contributed by atoms with Gasteiger partial charge in [0.25, 0.3) is 5.91 Å². The Labute approximate surface area is 150 Å². The van der Waals surface area contributed by atoms with Gasteiger partial charge in [0.2, 0.25) is 5.91 Å². The lowest BCUT2D eigenvalue weighted by molar-refractivity contribution is -0.115. The molecule has 5 nitrogen and oxygen atoms in total. The fourth-order valence-electron chi connectivity index (χ4n) is 2.26. The van der Waals surface area contributed by atoms with Crippen molar-refractivity contribution in [2.45, 2.75) is 20.3 Å². The zero-order chi connectivity index (χ0) is 18.2. The van der Waals surface area contributed by atoms with Crippen LogP contribution in [0.25, 0.3) is 10.1 Å². The van der Waals surface area contributed by atoms with E-state index in [4.69, 9.17) is 5.21 Å². The standard InChI is InChI=1S/C17H14N2O3S.C2H6/c20-16(8-11-4-2-1-3-5-11)18-13-7-6-12-9-15(17(21)19-22)23-14(12)10-13;1-2/h1-7,9-10,22H,8H2,(H,18,20)(H,19,21);1-2H3. The average Bonchev–Trinajstić information content (AvgIpc) is 3.07. The molecule has 0 unspecified atom stereocenters. The van der Waals surface area contributed by atoms with Crippen LogP contribution in [0.5, 0.6) is 0 Å². The Bertz CT molecular complexity index is 859. The smallest absolute Gasteiger partial charge is 0.284 e. The molecule has 1 heterocycles. The first-order valence-electron chi connectivity index (χ1n) is 7.97. The molecule has 25 heavy (non-hydrogen) atoms. The summed E-state index contributed by atoms with van der Waals surface area (Å²) in [5.41, 5.74) is 3.24. The minimum Gasteiger partial charge on any atom is -0.326 e. The molecule has 0 fully saturated rings. The van der Waals surface area contributed by atoms with Gasteiger partial charge in [0, 0.05) is 10.4 Å². The molecule has 3 rings (SSSR count). The van der Waals surface area contributed by atoms with Crippen molar-refractivity contribution in [3.05, 3.63) is 65.0 Å². The molecular formula is C19H20N2O3S. The van der Waals surface area contributed by atoms with Crippen molar-refractivity contribution in [2.24, 2.45) is 0 Å². The van der Waals surface area contributed by atoms with E-state index >= 15 is 0 Å². The highest BCUT2D eigenvalue weighted by Crippen LogP contribution is 2.28.